The van der Waals surface area contributed by atoms with Gasteiger partial charge in [-0.1, -0.05) is 20.8 Å². The summed E-state index contributed by atoms with van der Waals surface area (Å²) < 4.78 is 34.3. The van der Waals surface area contributed by atoms with Crippen molar-refractivity contribution in [1.82, 2.24) is 30.9 Å². The van der Waals surface area contributed by atoms with E-state index in [1.165, 1.54) is 9.80 Å². The largest absolute Gasteiger partial charge is 0.418 e. The summed E-state index contributed by atoms with van der Waals surface area (Å²) in [4.78, 5) is 59.6. The lowest BCUT2D eigenvalue weighted by molar-refractivity contribution is -0.139. The Labute approximate surface area is 232 Å². The third kappa shape index (κ3) is 8.35. The third-order valence-electron chi connectivity index (χ3n) is 6.32. The number of hydrogen-bond acceptors (Lipinski definition) is 11. The average molecular weight is 598 g/mol. The molecule has 0 saturated carbocycles. The number of rotatable bonds is 10. The van der Waals surface area contributed by atoms with E-state index in [0.29, 0.717) is 43.9 Å². The quantitative estimate of drug-likeness (QED) is 0.0894. The number of fused-ring (bicyclic) bond motifs is 4. The lowest BCUT2D eigenvalue weighted by Crippen LogP contribution is -2.49. The monoisotopic (exact) mass is 597 g/mol. The van der Waals surface area contributed by atoms with Gasteiger partial charge in [-0.3, -0.25) is 29.0 Å². The molecule has 4 heterocycles. The maximum absolute atomic E-state index is 12.0. The lowest BCUT2D eigenvalue weighted by atomic mass is 10.0. The van der Waals surface area contributed by atoms with Crippen LogP contribution in [0.3, 0.4) is 0 Å². The van der Waals surface area contributed by atoms with Gasteiger partial charge in [0.15, 0.2) is 0 Å². The Morgan fingerprint density at radius 1 is 0.925 bits per heavy atom. The van der Waals surface area contributed by atoms with Gasteiger partial charge in [-0.15, -0.1) is 4.28 Å². The van der Waals surface area contributed by atoms with Crippen molar-refractivity contribution in [3.8, 4) is 0 Å². The molecule has 230 valence electrons. The van der Waals surface area contributed by atoms with Crippen LogP contribution in [0.15, 0.2) is 0 Å². The molecule has 6 amide bonds. The summed E-state index contributed by atoms with van der Waals surface area (Å²) in [7, 11) is -4.80. The summed E-state index contributed by atoms with van der Waals surface area (Å²) in [6.45, 7) is 7.27. The van der Waals surface area contributed by atoms with E-state index >= 15 is 0 Å². The van der Waals surface area contributed by atoms with Crippen LogP contribution in [0.2, 0.25) is 0 Å². The topological polar surface area (TPSA) is 234 Å². The van der Waals surface area contributed by atoms with Crippen molar-refractivity contribution in [1.29, 1.82) is 0 Å². The fourth-order valence-corrected chi connectivity index (χ4v) is 4.96. The molecule has 0 radical (unpaired) electrons. The highest BCUT2D eigenvalue weighted by Crippen LogP contribution is 2.31. The van der Waals surface area contributed by atoms with Crippen molar-refractivity contribution in [3.05, 3.63) is 0 Å². The molecule has 0 aromatic heterocycles. The van der Waals surface area contributed by atoms with Crippen LogP contribution >= 0.6 is 0 Å². The number of hydroxylamine groups is 6. The summed E-state index contributed by atoms with van der Waals surface area (Å²) in [6, 6.07) is -3.33. The van der Waals surface area contributed by atoms with Crippen LogP contribution in [0, 0.1) is 0 Å². The van der Waals surface area contributed by atoms with Gasteiger partial charge in [0, 0.05) is 19.6 Å². The number of nitrogens with zero attached hydrogens (tertiary/aromatic N) is 4. The highest BCUT2D eigenvalue weighted by Gasteiger charge is 2.49. The molecule has 0 unspecified atom stereocenters. The second-order valence-corrected chi connectivity index (χ2v) is 9.96. The molecule has 4 rings (SSSR count). The summed E-state index contributed by atoms with van der Waals surface area (Å²) in [5, 5.41) is 10.8. The first-order chi connectivity index (χ1) is 19.0. The van der Waals surface area contributed by atoms with Gasteiger partial charge in [0.2, 0.25) is 0 Å². The van der Waals surface area contributed by atoms with Crippen molar-refractivity contribution in [2.45, 2.75) is 77.0 Å². The van der Waals surface area contributed by atoms with Crippen molar-refractivity contribution < 1.29 is 51.3 Å². The molecule has 4 aliphatic rings. The second-order valence-electron chi connectivity index (χ2n) is 8.95. The zero-order valence-corrected chi connectivity index (χ0v) is 23.5. The van der Waals surface area contributed by atoms with E-state index in [1.54, 1.807) is 0 Å². The van der Waals surface area contributed by atoms with Gasteiger partial charge < -0.3 is 15.5 Å². The number of hydrogen-bond donors (Lipinski definition) is 5. The molecule has 0 spiro atoms. The van der Waals surface area contributed by atoms with Gasteiger partial charge >= 0.3 is 22.5 Å². The number of carbonyl (C=O) groups is 4. The molecule has 4 fully saturated rings. The predicted octanol–water partition coefficient (Wildman–Crippen LogP) is -0.876. The Morgan fingerprint density at radius 2 is 1.43 bits per heavy atom. The van der Waals surface area contributed by atoms with Gasteiger partial charge in [-0.25, -0.2) is 25.6 Å². The molecule has 0 aliphatic carbocycles. The number of nitrogens with one attached hydrogen (secondary N) is 2. The number of carbonyl (C=O) groups excluding carboxylic acids is 4. The van der Waals surface area contributed by atoms with E-state index in [4.69, 9.17) is 20.0 Å². The van der Waals surface area contributed by atoms with Crippen LogP contribution in [-0.4, -0.2) is 119 Å². The minimum atomic E-state index is -4.80. The van der Waals surface area contributed by atoms with Gasteiger partial charge in [-0.2, -0.15) is 13.5 Å². The van der Waals surface area contributed by atoms with Gasteiger partial charge in [-0.05, 0) is 32.1 Å². The minimum absolute atomic E-state index is 0.128. The summed E-state index contributed by atoms with van der Waals surface area (Å²) in [5.41, 5.74) is 9.73. The molecule has 4 aliphatic heterocycles. The highest BCUT2D eigenvalue weighted by molar-refractivity contribution is 7.80. The van der Waals surface area contributed by atoms with Crippen LogP contribution in [0.25, 0.3) is 0 Å². The van der Waals surface area contributed by atoms with Gasteiger partial charge in [0.25, 0.3) is 11.8 Å². The van der Waals surface area contributed by atoms with Gasteiger partial charge in [0.1, 0.15) is 12.1 Å². The maximum atomic E-state index is 12.0. The Hall–Kier alpha value is -2.81. The van der Waals surface area contributed by atoms with Crippen LogP contribution in [0.1, 0.15) is 52.9 Å². The van der Waals surface area contributed by atoms with E-state index in [0.717, 1.165) is 11.5 Å². The molecule has 19 heteroatoms. The molecule has 40 heavy (non-hydrogen) atoms. The average Bonchev–Trinajstić information content (AvgIpc) is 3.29. The molecular weight excluding hydrogens is 558 g/mol. The predicted molar refractivity (Wildman–Crippen MR) is 135 cm³/mol. The zero-order valence-electron chi connectivity index (χ0n) is 22.7. The first-order valence-electron chi connectivity index (χ1n) is 13.1. The smallest absolute Gasteiger partial charge is 0.328 e. The first kappa shape index (κ1) is 33.4. The van der Waals surface area contributed by atoms with E-state index < -0.39 is 46.5 Å². The van der Waals surface area contributed by atoms with Gasteiger partial charge in [0.05, 0.1) is 25.3 Å². The van der Waals surface area contributed by atoms with E-state index in [1.807, 2.05) is 20.8 Å². The van der Waals surface area contributed by atoms with Crippen molar-refractivity contribution in [2.75, 3.05) is 32.8 Å². The number of piperidine rings is 2. The first-order valence-corrected chi connectivity index (χ1v) is 14.4. The number of nitrogens with two attached hydrogens (primary N) is 1. The van der Waals surface area contributed by atoms with E-state index in [2.05, 4.69) is 15.2 Å². The standard InChI is InChI=1S/C10H17N3O4.C9H16N4O7S.C2H6/c1-2-5-17-11-9(14)8-4-3-7-6-12(8)10(15)13(7)16;10-3-4-19-11-8(14)7-2-1-6-5-12(7)9(15)13(6)20-21(16,17)18;1-2/h7-8,16H,2-6H2,1H3,(H,11,14);6-7H,1-5,10H2,(H,11,14)(H,16,17,18);1-2H3/t7-,8+;6-,7+;/m11./s1. The van der Waals surface area contributed by atoms with Crippen molar-refractivity contribution in [2.24, 2.45) is 5.73 Å². The Balaban J connectivity index is 0.000000269. The van der Waals surface area contributed by atoms with E-state index in [-0.39, 0.29) is 31.6 Å². The van der Waals surface area contributed by atoms with Crippen LogP contribution in [0.5, 0.6) is 0 Å². The number of amides is 6. The third-order valence-corrected chi connectivity index (χ3v) is 6.67. The minimum Gasteiger partial charge on any atom is -0.328 e. The van der Waals surface area contributed by atoms with Crippen LogP contribution < -0.4 is 16.7 Å². The summed E-state index contributed by atoms with van der Waals surface area (Å²) >= 11 is 0. The van der Waals surface area contributed by atoms with Crippen molar-refractivity contribution >= 4 is 34.3 Å². The highest BCUT2D eigenvalue weighted by atomic mass is 32.3. The zero-order chi connectivity index (χ0) is 30.0. The Morgan fingerprint density at radius 3 is 1.95 bits per heavy atom. The normalized spacial score (nSPS) is 25.1. The summed E-state index contributed by atoms with van der Waals surface area (Å²) in [6.07, 6.45) is 2.66. The Kier molecular flexibility index (Phi) is 12.7. The molecule has 18 nitrogen and oxygen atoms in total. The van der Waals surface area contributed by atoms with Crippen molar-refractivity contribution in [3.63, 3.8) is 0 Å². The van der Waals surface area contributed by atoms with Crippen LogP contribution in [0.4, 0.5) is 9.59 Å². The maximum Gasteiger partial charge on any atom is 0.418 e. The molecule has 4 bridgehead atoms. The molecule has 6 N–H and O–H groups in total. The second kappa shape index (κ2) is 15.3. The molecule has 4 saturated heterocycles. The summed E-state index contributed by atoms with van der Waals surface area (Å²) in [5.74, 6) is -0.843. The number of urea groups is 2. The fourth-order valence-electron chi connectivity index (χ4n) is 4.57. The molecule has 0 aromatic carbocycles. The SMILES string of the molecule is CC.CCCONC(=O)[C@@H]1CC[C@@H]2CN1C(=O)N2O.NCCONC(=O)[C@@H]1CC[C@@H]2CN1C(=O)N2OS(=O)(=O)O. The van der Waals surface area contributed by atoms with Crippen LogP contribution in [-0.2, 0) is 33.9 Å². The Bertz CT molecular complexity index is 1000. The fraction of sp³-hybridized carbons (Fsp3) is 0.810. The molecule has 4 atom stereocenters. The lowest BCUT2D eigenvalue weighted by Gasteiger charge is -2.28. The van der Waals surface area contributed by atoms with E-state index in [9.17, 15) is 32.8 Å². The molecular formula is C21H39N7O11S. The molecule has 0 aromatic rings.